The maximum atomic E-state index is 5.92. The molecule has 1 aliphatic heterocycles. The van der Waals surface area contributed by atoms with Gasteiger partial charge in [0.2, 0.25) is 0 Å². The first-order chi connectivity index (χ1) is 6.96. The van der Waals surface area contributed by atoms with Gasteiger partial charge in [-0.05, 0) is 44.5 Å². The van der Waals surface area contributed by atoms with Gasteiger partial charge in [0.15, 0.2) is 0 Å². The van der Waals surface area contributed by atoms with E-state index in [9.17, 15) is 0 Å². The molecule has 1 N–H and O–H groups in total. The van der Waals surface area contributed by atoms with E-state index in [2.05, 4.69) is 38.2 Å². The van der Waals surface area contributed by atoms with Gasteiger partial charge in [-0.1, -0.05) is 30.7 Å². The summed E-state index contributed by atoms with van der Waals surface area (Å²) in [5.74, 6) is 0. The molecule has 0 aliphatic carbocycles. The summed E-state index contributed by atoms with van der Waals surface area (Å²) in [5.41, 5.74) is 1.74. The molecular weight excluding hydrogens is 206 g/mol. The van der Waals surface area contributed by atoms with Crippen molar-refractivity contribution in [3.05, 3.63) is 34.9 Å². The molecular formula is C13H18ClN. The van der Waals surface area contributed by atoms with Crippen molar-refractivity contribution in [3.8, 4) is 0 Å². The summed E-state index contributed by atoms with van der Waals surface area (Å²) in [7, 11) is 0. The SMILES string of the molecule is CC1(C)NCCC1(C)c1ccc(Cl)cc1. The second-order valence-electron chi connectivity index (χ2n) is 5.14. The molecule has 1 fully saturated rings. The van der Waals surface area contributed by atoms with E-state index >= 15 is 0 Å². The molecule has 0 spiro atoms. The fourth-order valence-electron chi connectivity index (χ4n) is 2.46. The lowest BCUT2D eigenvalue weighted by Gasteiger charge is -2.38. The molecule has 1 aromatic carbocycles. The van der Waals surface area contributed by atoms with Gasteiger partial charge >= 0.3 is 0 Å². The van der Waals surface area contributed by atoms with E-state index in [1.54, 1.807) is 0 Å². The molecule has 82 valence electrons. The van der Waals surface area contributed by atoms with Crippen LogP contribution in [-0.2, 0) is 5.41 Å². The quantitative estimate of drug-likeness (QED) is 0.770. The van der Waals surface area contributed by atoms with Crippen LogP contribution in [0.1, 0.15) is 32.8 Å². The Kier molecular flexibility index (Phi) is 2.56. The zero-order valence-electron chi connectivity index (χ0n) is 9.60. The molecule has 1 aromatic rings. The van der Waals surface area contributed by atoms with Crippen molar-refractivity contribution in [1.82, 2.24) is 5.32 Å². The van der Waals surface area contributed by atoms with E-state index < -0.39 is 0 Å². The van der Waals surface area contributed by atoms with Crippen molar-refractivity contribution < 1.29 is 0 Å². The van der Waals surface area contributed by atoms with Crippen LogP contribution >= 0.6 is 11.6 Å². The molecule has 0 radical (unpaired) electrons. The first-order valence-corrected chi connectivity index (χ1v) is 5.85. The van der Waals surface area contributed by atoms with Crippen molar-refractivity contribution in [2.24, 2.45) is 0 Å². The summed E-state index contributed by atoms with van der Waals surface area (Å²) < 4.78 is 0. The minimum atomic E-state index is 0.154. The fraction of sp³-hybridized carbons (Fsp3) is 0.538. The lowest BCUT2D eigenvalue weighted by Crippen LogP contribution is -2.47. The van der Waals surface area contributed by atoms with Crippen LogP contribution in [-0.4, -0.2) is 12.1 Å². The van der Waals surface area contributed by atoms with Crippen molar-refractivity contribution in [2.45, 2.75) is 38.1 Å². The first kappa shape index (κ1) is 11.0. The van der Waals surface area contributed by atoms with Crippen molar-refractivity contribution in [2.75, 3.05) is 6.54 Å². The smallest absolute Gasteiger partial charge is 0.0406 e. The van der Waals surface area contributed by atoms with Crippen LogP contribution in [0.15, 0.2) is 24.3 Å². The Morgan fingerprint density at radius 2 is 1.73 bits per heavy atom. The average molecular weight is 224 g/mol. The number of rotatable bonds is 1. The van der Waals surface area contributed by atoms with Gasteiger partial charge in [-0.3, -0.25) is 0 Å². The third kappa shape index (κ3) is 1.68. The number of benzene rings is 1. The second-order valence-corrected chi connectivity index (χ2v) is 5.58. The number of nitrogens with one attached hydrogen (secondary N) is 1. The molecule has 0 bridgehead atoms. The largest absolute Gasteiger partial charge is 0.311 e. The molecule has 2 heteroatoms. The molecule has 2 rings (SSSR count). The third-order valence-electron chi connectivity index (χ3n) is 4.05. The maximum absolute atomic E-state index is 5.92. The summed E-state index contributed by atoms with van der Waals surface area (Å²) in [6, 6.07) is 8.27. The first-order valence-electron chi connectivity index (χ1n) is 5.47. The highest BCUT2D eigenvalue weighted by Gasteiger charge is 2.45. The molecule has 1 aliphatic rings. The highest BCUT2D eigenvalue weighted by Crippen LogP contribution is 2.42. The van der Waals surface area contributed by atoms with E-state index in [1.165, 1.54) is 12.0 Å². The predicted octanol–water partition coefficient (Wildman–Crippen LogP) is 3.37. The van der Waals surface area contributed by atoms with Gasteiger partial charge in [-0.15, -0.1) is 0 Å². The van der Waals surface area contributed by atoms with Crippen molar-refractivity contribution in [3.63, 3.8) is 0 Å². The van der Waals surface area contributed by atoms with E-state index in [-0.39, 0.29) is 11.0 Å². The maximum Gasteiger partial charge on any atom is 0.0406 e. The van der Waals surface area contributed by atoms with Crippen LogP contribution in [0.2, 0.25) is 5.02 Å². The Morgan fingerprint density at radius 1 is 1.13 bits per heavy atom. The van der Waals surface area contributed by atoms with Gasteiger partial charge in [-0.25, -0.2) is 0 Å². The summed E-state index contributed by atoms with van der Waals surface area (Å²) in [6.45, 7) is 7.96. The van der Waals surface area contributed by atoms with Crippen LogP contribution < -0.4 is 5.32 Å². The number of hydrogen-bond acceptors (Lipinski definition) is 1. The zero-order valence-corrected chi connectivity index (χ0v) is 10.4. The minimum absolute atomic E-state index is 0.154. The Hall–Kier alpha value is -0.530. The fourth-order valence-corrected chi connectivity index (χ4v) is 2.58. The number of halogens is 1. The Bertz CT molecular complexity index is 355. The van der Waals surface area contributed by atoms with Crippen LogP contribution in [0.5, 0.6) is 0 Å². The zero-order chi connectivity index (χ0) is 11.1. The number of hydrogen-bond donors (Lipinski definition) is 1. The van der Waals surface area contributed by atoms with Gasteiger partial charge in [0.05, 0.1) is 0 Å². The molecule has 15 heavy (non-hydrogen) atoms. The van der Waals surface area contributed by atoms with Gasteiger partial charge in [-0.2, -0.15) is 0 Å². The van der Waals surface area contributed by atoms with E-state index in [4.69, 9.17) is 11.6 Å². The molecule has 1 unspecified atom stereocenters. The van der Waals surface area contributed by atoms with Crippen molar-refractivity contribution in [1.29, 1.82) is 0 Å². The highest BCUT2D eigenvalue weighted by molar-refractivity contribution is 6.30. The van der Waals surface area contributed by atoms with Gasteiger partial charge in [0.25, 0.3) is 0 Å². The summed E-state index contributed by atoms with van der Waals surface area (Å²) in [6.07, 6.45) is 1.18. The Morgan fingerprint density at radius 3 is 2.20 bits per heavy atom. The molecule has 1 atom stereocenters. The van der Waals surface area contributed by atoms with Crippen LogP contribution in [0.3, 0.4) is 0 Å². The van der Waals surface area contributed by atoms with Crippen molar-refractivity contribution >= 4 is 11.6 Å². The molecule has 0 saturated carbocycles. The normalized spacial score (nSPS) is 29.3. The predicted molar refractivity (Wildman–Crippen MR) is 65.5 cm³/mol. The average Bonchev–Trinajstić information content (AvgIpc) is 2.43. The summed E-state index contributed by atoms with van der Waals surface area (Å²) >= 11 is 5.92. The molecule has 0 amide bonds. The lowest BCUT2D eigenvalue weighted by molar-refractivity contribution is 0.297. The molecule has 0 aromatic heterocycles. The van der Waals surface area contributed by atoms with Gasteiger partial charge in [0.1, 0.15) is 0 Å². The molecule has 1 nitrogen and oxygen atoms in total. The van der Waals surface area contributed by atoms with Crippen LogP contribution in [0, 0.1) is 0 Å². The summed E-state index contributed by atoms with van der Waals surface area (Å²) in [4.78, 5) is 0. The second kappa shape index (κ2) is 3.50. The van der Waals surface area contributed by atoms with Gasteiger partial charge < -0.3 is 5.32 Å². The highest BCUT2D eigenvalue weighted by atomic mass is 35.5. The third-order valence-corrected chi connectivity index (χ3v) is 4.30. The van der Waals surface area contributed by atoms with E-state index in [0.717, 1.165) is 11.6 Å². The lowest BCUT2D eigenvalue weighted by atomic mass is 9.69. The standard InChI is InChI=1S/C13H18ClN/c1-12(2)13(3,8-9-15-12)10-4-6-11(14)7-5-10/h4-7,15H,8-9H2,1-3H3. The van der Waals surface area contributed by atoms with E-state index in [1.807, 2.05) is 12.1 Å². The molecule has 1 saturated heterocycles. The topological polar surface area (TPSA) is 12.0 Å². The Labute approximate surface area is 96.8 Å². The Balaban J connectivity index is 2.41. The van der Waals surface area contributed by atoms with Crippen LogP contribution in [0.4, 0.5) is 0 Å². The molecule has 1 heterocycles. The van der Waals surface area contributed by atoms with Crippen LogP contribution in [0.25, 0.3) is 0 Å². The van der Waals surface area contributed by atoms with E-state index in [0.29, 0.717) is 0 Å². The van der Waals surface area contributed by atoms with Gasteiger partial charge in [0, 0.05) is 16.0 Å². The minimum Gasteiger partial charge on any atom is -0.311 e. The summed E-state index contributed by atoms with van der Waals surface area (Å²) in [5, 5.41) is 4.38. The monoisotopic (exact) mass is 223 g/mol.